The Kier molecular flexibility index (Phi) is 4.89. The zero-order chi connectivity index (χ0) is 13.7. The van der Waals surface area contributed by atoms with Crippen molar-refractivity contribution in [2.75, 3.05) is 20.7 Å². The molecule has 4 heteroatoms. The quantitative estimate of drug-likeness (QED) is 0.745. The Morgan fingerprint density at radius 3 is 2.56 bits per heavy atom. The van der Waals surface area contributed by atoms with E-state index >= 15 is 0 Å². The number of benzene rings is 1. The van der Waals surface area contributed by atoms with Gasteiger partial charge in [-0.2, -0.15) is 0 Å². The van der Waals surface area contributed by atoms with Gasteiger partial charge < -0.3 is 9.64 Å². The molecule has 4 nitrogen and oxygen atoms in total. The SMILES string of the molecule is COc1ccc(C)cc1CCN(C)C(=O)C(C)=O. The molecule has 0 radical (unpaired) electrons. The van der Waals surface area contributed by atoms with E-state index in [9.17, 15) is 9.59 Å². The van der Waals surface area contributed by atoms with Crippen LogP contribution >= 0.6 is 0 Å². The Balaban J connectivity index is 2.71. The maximum Gasteiger partial charge on any atom is 0.289 e. The Morgan fingerprint density at radius 1 is 1.33 bits per heavy atom. The number of Topliss-reactive ketones (excluding diaryl/α,β-unsaturated/α-hetero) is 1. The van der Waals surface area contributed by atoms with Crippen LogP contribution in [0.4, 0.5) is 0 Å². The van der Waals surface area contributed by atoms with Crippen LogP contribution in [-0.2, 0) is 16.0 Å². The zero-order valence-corrected chi connectivity index (χ0v) is 11.3. The smallest absolute Gasteiger partial charge is 0.289 e. The topological polar surface area (TPSA) is 46.6 Å². The van der Waals surface area contributed by atoms with E-state index in [0.29, 0.717) is 13.0 Å². The summed E-state index contributed by atoms with van der Waals surface area (Å²) >= 11 is 0. The second-order valence-electron chi connectivity index (χ2n) is 4.35. The van der Waals surface area contributed by atoms with Gasteiger partial charge in [0.1, 0.15) is 5.75 Å². The van der Waals surface area contributed by atoms with Crippen LogP contribution in [0.1, 0.15) is 18.1 Å². The van der Waals surface area contributed by atoms with Crippen molar-refractivity contribution in [1.82, 2.24) is 4.90 Å². The predicted octanol–water partition coefficient (Wildman–Crippen LogP) is 1.59. The van der Waals surface area contributed by atoms with Crippen molar-refractivity contribution in [2.45, 2.75) is 20.3 Å². The molecule has 1 aromatic carbocycles. The number of carbonyl (C=O) groups is 2. The summed E-state index contributed by atoms with van der Waals surface area (Å²) in [5.74, 6) is -0.0837. The molecule has 0 aliphatic heterocycles. The maximum atomic E-state index is 11.4. The maximum absolute atomic E-state index is 11.4. The van der Waals surface area contributed by atoms with Gasteiger partial charge in [-0.25, -0.2) is 0 Å². The molecule has 0 aliphatic carbocycles. The van der Waals surface area contributed by atoms with Gasteiger partial charge in [-0.3, -0.25) is 9.59 Å². The van der Waals surface area contributed by atoms with Crippen molar-refractivity contribution in [1.29, 1.82) is 0 Å². The molecule has 0 saturated carbocycles. The Bertz CT molecular complexity index is 454. The number of carbonyl (C=O) groups excluding carboxylic acids is 2. The number of amides is 1. The summed E-state index contributed by atoms with van der Waals surface area (Å²) in [7, 11) is 3.25. The van der Waals surface area contributed by atoms with E-state index < -0.39 is 11.7 Å². The minimum absolute atomic E-state index is 0.436. The first-order valence-corrected chi connectivity index (χ1v) is 5.85. The number of hydrogen-bond donors (Lipinski definition) is 0. The fourth-order valence-electron chi connectivity index (χ4n) is 1.76. The molecular formula is C14H19NO3. The minimum atomic E-state index is -0.457. The van der Waals surface area contributed by atoms with Crippen molar-refractivity contribution in [3.05, 3.63) is 29.3 Å². The highest BCUT2D eigenvalue weighted by Crippen LogP contribution is 2.20. The molecule has 1 rings (SSSR count). The summed E-state index contributed by atoms with van der Waals surface area (Å²) in [4.78, 5) is 23.8. The van der Waals surface area contributed by atoms with E-state index in [2.05, 4.69) is 0 Å². The summed E-state index contributed by atoms with van der Waals surface area (Å²) in [6.45, 7) is 3.79. The Morgan fingerprint density at radius 2 is 2.00 bits per heavy atom. The van der Waals surface area contributed by atoms with Crippen LogP contribution < -0.4 is 4.74 Å². The molecule has 0 fully saturated rings. The van der Waals surface area contributed by atoms with Crippen LogP contribution in [0.5, 0.6) is 5.75 Å². The number of methoxy groups -OCH3 is 1. The molecule has 98 valence electrons. The number of nitrogens with zero attached hydrogens (tertiary/aromatic N) is 1. The summed E-state index contributed by atoms with van der Waals surface area (Å²) in [5.41, 5.74) is 2.19. The molecule has 0 aliphatic rings. The second-order valence-corrected chi connectivity index (χ2v) is 4.35. The molecule has 0 spiro atoms. The van der Waals surface area contributed by atoms with E-state index in [0.717, 1.165) is 16.9 Å². The molecule has 0 heterocycles. The van der Waals surface area contributed by atoms with Crippen LogP contribution in [-0.4, -0.2) is 37.3 Å². The molecule has 0 aromatic heterocycles. The molecule has 0 saturated heterocycles. The number of aryl methyl sites for hydroxylation is 1. The lowest BCUT2D eigenvalue weighted by atomic mass is 10.1. The van der Waals surface area contributed by atoms with Crippen molar-refractivity contribution in [2.24, 2.45) is 0 Å². The molecule has 0 unspecified atom stereocenters. The third kappa shape index (κ3) is 3.58. The lowest BCUT2D eigenvalue weighted by molar-refractivity contribution is -0.142. The number of rotatable bonds is 5. The lowest BCUT2D eigenvalue weighted by Gasteiger charge is -2.16. The van der Waals surface area contributed by atoms with Crippen LogP contribution in [0.25, 0.3) is 0 Å². The zero-order valence-electron chi connectivity index (χ0n) is 11.3. The van der Waals surface area contributed by atoms with Gasteiger partial charge in [-0.05, 0) is 25.0 Å². The average Bonchev–Trinajstić information content (AvgIpc) is 2.35. The highest BCUT2D eigenvalue weighted by molar-refractivity contribution is 6.34. The number of likely N-dealkylation sites (N-methyl/N-ethyl adjacent to an activating group) is 1. The molecule has 18 heavy (non-hydrogen) atoms. The van der Waals surface area contributed by atoms with Crippen LogP contribution in [0.3, 0.4) is 0 Å². The van der Waals surface area contributed by atoms with E-state index in [1.807, 2.05) is 25.1 Å². The fourth-order valence-corrected chi connectivity index (χ4v) is 1.76. The molecular weight excluding hydrogens is 230 g/mol. The molecule has 0 atom stereocenters. The normalized spacial score (nSPS) is 10.0. The summed E-state index contributed by atoms with van der Waals surface area (Å²) in [6, 6.07) is 5.93. The van der Waals surface area contributed by atoms with Gasteiger partial charge in [0.15, 0.2) is 0 Å². The lowest BCUT2D eigenvalue weighted by Crippen LogP contribution is -2.33. The van der Waals surface area contributed by atoms with Gasteiger partial charge >= 0.3 is 0 Å². The van der Waals surface area contributed by atoms with Gasteiger partial charge in [0.2, 0.25) is 5.78 Å². The molecule has 0 N–H and O–H groups in total. The van der Waals surface area contributed by atoms with Crippen LogP contribution in [0.2, 0.25) is 0 Å². The summed E-state index contributed by atoms with van der Waals surface area (Å²) in [5, 5.41) is 0. The number of hydrogen-bond acceptors (Lipinski definition) is 3. The third-order valence-electron chi connectivity index (χ3n) is 2.80. The average molecular weight is 249 g/mol. The standard InChI is InChI=1S/C14H19NO3/c1-10-5-6-13(18-4)12(9-10)7-8-15(3)14(17)11(2)16/h5-6,9H,7-8H2,1-4H3. The first kappa shape index (κ1) is 14.2. The van der Waals surface area contributed by atoms with E-state index in [1.165, 1.54) is 11.8 Å². The van der Waals surface area contributed by atoms with Gasteiger partial charge in [-0.1, -0.05) is 17.7 Å². The van der Waals surface area contributed by atoms with Crippen LogP contribution in [0, 0.1) is 6.92 Å². The van der Waals surface area contributed by atoms with Crippen molar-refractivity contribution in [3.8, 4) is 5.75 Å². The first-order chi connectivity index (χ1) is 8.45. The van der Waals surface area contributed by atoms with E-state index in [4.69, 9.17) is 4.74 Å². The van der Waals surface area contributed by atoms with Gasteiger partial charge in [-0.15, -0.1) is 0 Å². The van der Waals surface area contributed by atoms with Gasteiger partial charge in [0.25, 0.3) is 5.91 Å². The molecule has 1 aromatic rings. The van der Waals surface area contributed by atoms with Gasteiger partial charge in [0.05, 0.1) is 7.11 Å². The third-order valence-corrected chi connectivity index (χ3v) is 2.80. The first-order valence-electron chi connectivity index (χ1n) is 5.85. The van der Waals surface area contributed by atoms with Crippen molar-refractivity contribution >= 4 is 11.7 Å². The van der Waals surface area contributed by atoms with Crippen molar-refractivity contribution in [3.63, 3.8) is 0 Å². The van der Waals surface area contributed by atoms with Crippen LogP contribution in [0.15, 0.2) is 18.2 Å². The highest BCUT2D eigenvalue weighted by atomic mass is 16.5. The predicted molar refractivity (Wildman–Crippen MR) is 69.8 cm³/mol. The fraction of sp³-hybridized carbons (Fsp3) is 0.429. The molecule has 1 amide bonds. The largest absolute Gasteiger partial charge is 0.496 e. The summed E-state index contributed by atoms with van der Waals surface area (Å²) < 4.78 is 5.27. The minimum Gasteiger partial charge on any atom is -0.496 e. The second kappa shape index (κ2) is 6.19. The number of ketones is 1. The molecule has 0 bridgehead atoms. The van der Waals surface area contributed by atoms with E-state index in [1.54, 1.807) is 14.2 Å². The number of ether oxygens (including phenoxy) is 1. The Hall–Kier alpha value is -1.84. The van der Waals surface area contributed by atoms with E-state index in [-0.39, 0.29) is 0 Å². The highest BCUT2D eigenvalue weighted by Gasteiger charge is 2.14. The van der Waals surface area contributed by atoms with Crippen molar-refractivity contribution < 1.29 is 14.3 Å². The van der Waals surface area contributed by atoms with Gasteiger partial charge in [0, 0.05) is 20.5 Å². The Labute approximate surface area is 108 Å². The summed E-state index contributed by atoms with van der Waals surface area (Å²) in [6.07, 6.45) is 0.667. The monoisotopic (exact) mass is 249 g/mol.